The fourth-order valence-corrected chi connectivity index (χ4v) is 2.16. The van der Waals surface area contributed by atoms with E-state index >= 15 is 0 Å². The lowest BCUT2D eigenvalue weighted by atomic mass is 10.2. The van der Waals surface area contributed by atoms with Gasteiger partial charge in [-0.2, -0.15) is 5.10 Å². The molecule has 0 bridgehead atoms. The fourth-order valence-electron chi connectivity index (χ4n) is 2.16. The highest BCUT2D eigenvalue weighted by molar-refractivity contribution is 5.50. The van der Waals surface area contributed by atoms with Crippen LogP contribution in [-0.2, 0) is 0 Å². The van der Waals surface area contributed by atoms with E-state index in [-0.39, 0.29) is 5.69 Å². The van der Waals surface area contributed by atoms with Gasteiger partial charge in [0.15, 0.2) is 5.65 Å². The summed E-state index contributed by atoms with van der Waals surface area (Å²) in [5.74, 6) is 1.40. The van der Waals surface area contributed by atoms with E-state index in [1.165, 1.54) is 4.40 Å². The van der Waals surface area contributed by atoms with Crippen LogP contribution in [0, 0.1) is 6.92 Å². The molecule has 2 aromatic rings. The van der Waals surface area contributed by atoms with E-state index in [2.05, 4.69) is 25.8 Å². The molecular weight excluding hydrogens is 220 g/mol. The zero-order valence-electron chi connectivity index (χ0n) is 9.53. The summed E-state index contributed by atoms with van der Waals surface area (Å²) in [6.45, 7) is 3.77. The SMILES string of the molecule is Cc1nc(NC2CCNC2)cc2n[nH]c(=O)n12. The number of H-pyrrole nitrogens is 1. The van der Waals surface area contributed by atoms with Crippen LogP contribution in [0.15, 0.2) is 10.9 Å². The van der Waals surface area contributed by atoms with Crippen molar-refractivity contribution < 1.29 is 0 Å². The van der Waals surface area contributed by atoms with Crippen molar-refractivity contribution in [2.75, 3.05) is 18.4 Å². The molecule has 0 radical (unpaired) electrons. The maximum absolute atomic E-state index is 11.4. The summed E-state index contributed by atoms with van der Waals surface area (Å²) in [5.41, 5.74) is 0.343. The van der Waals surface area contributed by atoms with Crippen LogP contribution in [0.4, 0.5) is 5.82 Å². The van der Waals surface area contributed by atoms with Crippen LogP contribution in [0.5, 0.6) is 0 Å². The second-order valence-corrected chi connectivity index (χ2v) is 4.25. The summed E-state index contributed by atoms with van der Waals surface area (Å²) in [6, 6.07) is 2.18. The number of aryl methyl sites for hydroxylation is 1. The molecule has 17 heavy (non-hydrogen) atoms. The first-order chi connectivity index (χ1) is 8.24. The lowest BCUT2D eigenvalue weighted by Crippen LogP contribution is -2.23. The number of hydrogen-bond acceptors (Lipinski definition) is 5. The number of rotatable bonds is 2. The molecule has 7 heteroatoms. The van der Waals surface area contributed by atoms with E-state index in [9.17, 15) is 4.79 Å². The summed E-state index contributed by atoms with van der Waals surface area (Å²) in [4.78, 5) is 15.8. The predicted octanol–water partition coefficient (Wildman–Crippen LogP) is -0.500. The Labute approximate surface area is 97.3 Å². The molecular formula is C10H14N6O. The van der Waals surface area contributed by atoms with Crippen molar-refractivity contribution in [3.05, 3.63) is 22.4 Å². The van der Waals surface area contributed by atoms with Gasteiger partial charge in [0.2, 0.25) is 0 Å². The molecule has 0 spiro atoms. The molecule has 0 amide bonds. The molecule has 1 aliphatic heterocycles. The van der Waals surface area contributed by atoms with Crippen molar-refractivity contribution in [1.29, 1.82) is 0 Å². The highest BCUT2D eigenvalue weighted by Crippen LogP contribution is 2.11. The zero-order valence-corrected chi connectivity index (χ0v) is 9.53. The van der Waals surface area contributed by atoms with Crippen molar-refractivity contribution in [3.63, 3.8) is 0 Å². The summed E-state index contributed by atoms with van der Waals surface area (Å²) in [5, 5.41) is 13.0. The van der Waals surface area contributed by atoms with Crippen molar-refractivity contribution >= 4 is 11.5 Å². The molecule has 1 aliphatic rings. The van der Waals surface area contributed by atoms with Gasteiger partial charge >= 0.3 is 5.69 Å². The molecule has 1 saturated heterocycles. The third kappa shape index (κ3) is 1.78. The lowest BCUT2D eigenvalue weighted by Gasteiger charge is -2.12. The highest BCUT2D eigenvalue weighted by Gasteiger charge is 2.15. The van der Waals surface area contributed by atoms with Crippen molar-refractivity contribution in [3.8, 4) is 0 Å². The molecule has 1 fully saturated rings. The van der Waals surface area contributed by atoms with Gasteiger partial charge in [-0.15, -0.1) is 0 Å². The second-order valence-electron chi connectivity index (χ2n) is 4.25. The molecule has 3 rings (SSSR count). The average Bonchev–Trinajstić information content (AvgIpc) is 2.89. The minimum Gasteiger partial charge on any atom is -0.366 e. The Bertz CT molecular complexity index is 594. The number of aromatic nitrogens is 4. The Balaban J connectivity index is 1.97. The van der Waals surface area contributed by atoms with Gasteiger partial charge in [0.05, 0.1) is 0 Å². The molecule has 3 heterocycles. The maximum Gasteiger partial charge on any atom is 0.349 e. The number of nitrogens with zero attached hydrogens (tertiary/aromatic N) is 3. The Morgan fingerprint density at radius 3 is 3.24 bits per heavy atom. The zero-order chi connectivity index (χ0) is 11.8. The first-order valence-corrected chi connectivity index (χ1v) is 5.66. The van der Waals surface area contributed by atoms with Crippen LogP contribution in [0.3, 0.4) is 0 Å². The second kappa shape index (κ2) is 3.85. The van der Waals surface area contributed by atoms with Gasteiger partial charge in [-0.3, -0.25) is 0 Å². The van der Waals surface area contributed by atoms with Crippen LogP contribution < -0.4 is 16.3 Å². The molecule has 1 atom stereocenters. The largest absolute Gasteiger partial charge is 0.366 e. The average molecular weight is 234 g/mol. The van der Waals surface area contributed by atoms with E-state index in [4.69, 9.17) is 0 Å². The Morgan fingerprint density at radius 1 is 1.59 bits per heavy atom. The lowest BCUT2D eigenvalue weighted by molar-refractivity contribution is 0.784. The van der Waals surface area contributed by atoms with E-state index in [0.717, 1.165) is 25.3 Å². The molecule has 90 valence electrons. The van der Waals surface area contributed by atoms with Crippen LogP contribution >= 0.6 is 0 Å². The van der Waals surface area contributed by atoms with Crippen LogP contribution in [-0.4, -0.2) is 38.7 Å². The van der Waals surface area contributed by atoms with Gasteiger partial charge in [0, 0.05) is 18.7 Å². The minimum absolute atomic E-state index is 0.251. The van der Waals surface area contributed by atoms with E-state index in [0.29, 0.717) is 17.5 Å². The van der Waals surface area contributed by atoms with Crippen LogP contribution in [0.1, 0.15) is 12.2 Å². The molecule has 2 aromatic heterocycles. The van der Waals surface area contributed by atoms with Gasteiger partial charge in [0.25, 0.3) is 0 Å². The normalized spacial score (nSPS) is 19.9. The molecule has 7 nitrogen and oxygen atoms in total. The van der Waals surface area contributed by atoms with Gasteiger partial charge in [-0.05, 0) is 19.9 Å². The maximum atomic E-state index is 11.4. The third-order valence-corrected chi connectivity index (χ3v) is 2.98. The Hall–Kier alpha value is -1.89. The van der Waals surface area contributed by atoms with Gasteiger partial charge < -0.3 is 10.6 Å². The standard InChI is InChI=1S/C10H14N6O/c1-6-12-8(13-7-2-3-11-5-7)4-9-14-15-10(17)16(6)9/h4,7,11,13H,2-3,5H2,1H3,(H,15,17). The number of fused-ring (bicyclic) bond motifs is 1. The molecule has 0 aliphatic carbocycles. The summed E-state index contributed by atoms with van der Waals surface area (Å²) < 4.78 is 1.46. The number of nitrogens with one attached hydrogen (secondary N) is 3. The molecule has 0 saturated carbocycles. The van der Waals surface area contributed by atoms with Crippen LogP contribution in [0.25, 0.3) is 5.65 Å². The van der Waals surface area contributed by atoms with E-state index in [1.807, 2.05) is 0 Å². The van der Waals surface area contributed by atoms with E-state index < -0.39 is 0 Å². The monoisotopic (exact) mass is 234 g/mol. The Morgan fingerprint density at radius 2 is 2.47 bits per heavy atom. The van der Waals surface area contributed by atoms with E-state index in [1.54, 1.807) is 13.0 Å². The quantitative estimate of drug-likeness (QED) is 0.652. The smallest absolute Gasteiger partial charge is 0.349 e. The highest BCUT2D eigenvalue weighted by atomic mass is 16.1. The van der Waals surface area contributed by atoms with Crippen molar-refractivity contribution in [2.45, 2.75) is 19.4 Å². The predicted molar refractivity (Wildman–Crippen MR) is 63.2 cm³/mol. The summed E-state index contributed by atoms with van der Waals surface area (Å²) in [7, 11) is 0. The topological polar surface area (TPSA) is 87.1 Å². The van der Waals surface area contributed by atoms with Gasteiger partial charge in [-0.1, -0.05) is 0 Å². The minimum atomic E-state index is -0.251. The van der Waals surface area contributed by atoms with Gasteiger partial charge in [-0.25, -0.2) is 19.3 Å². The Kier molecular flexibility index (Phi) is 2.32. The number of anilines is 1. The molecule has 1 unspecified atom stereocenters. The fraction of sp³-hybridized carbons (Fsp3) is 0.500. The first kappa shape index (κ1) is 10.3. The summed E-state index contributed by atoms with van der Waals surface area (Å²) >= 11 is 0. The molecule has 0 aromatic carbocycles. The number of hydrogen-bond donors (Lipinski definition) is 3. The van der Waals surface area contributed by atoms with Crippen molar-refractivity contribution in [2.24, 2.45) is 0 Å². The van der Waals surface area contributed by atoms with Crippen LogP contribution in [0.2, 0.25) is 0 Å². The summed E-state index contributed by atoms with van der Waals surface area (Å²) in [6.07, 6.45) is 1.08. The molecule has 3 N–H and O–H groups in total. The first-order valence-electron chi connectivity index (χ1n) is 5.66. The third-order valence-electron chi connectivity index (χ3n) is 2.98. The van der Waals surface area contributed by atoms with Crippen molar-refractivity contribution in [1.82, 2.24) is 24.9 Å². The number of aromatic amines is 1. The van der Waals surface area contributed by atoms with Gasteiger partial charge in [0.1, 0.15) is 11.6 Å².